The van der Waals surface area contributed by atoms with Crippen LogP contribution in [0.2, 0.25) is 5.02 Å². The second kappa shape index (κ2) is 7.66. The molecule has 7 nitrogen and oxygen atoms in total. The number of amides is 2. The van der Waals surface area contributed by atoms with Crippen LogP contribution < -0.4 is 4.74 Å². The molecule has 2 fully saturated rings. The first-order valence-corrected chi connectivity index (χ1v) is 9.65. The highest BCUT2D eigenvalue weighted by molar-refractivity contribution is 6.31. The standard InChI is InChI=1S/C19H23ClN2O5/c20-14-1-2-16-15(11-14)18(24)22(12-17(23)21-5-9-26-10-6-21)13-19(27-16)3-7-25-8-4-19/h1-2,11H,3-10,12-13H2. The van der Waals surface area contributed by atoms with Gasteiger partial charge in [-0.1, -0.05) is 11.6 Å². The van der Waals surface area contributed by atoms with Gasteiger partial charge in [0.15, 0.2) is 0 Å². The van der Waals surface area contributed by atoms with Gasteiger partial charge in [-0.15, -0.1) is 0 Å². The number of benzene rings is 1. The molecule has 8 heteroatoms. The largest absolute Gasteiger partial charge is 0.484 e. The molecule has 3 aliphatic rings. The van der Waals surface area contributed by atoms with Crippen molar-refractivity contribution >= 4 is 23.4 Å². The van der Waals surface area contributed by atoms with Gasteiger partial charge in [-0.3, -0.25) is 9.59 Å². The third kappa shape index (κ3) is 3.90. The van der Waals surface area contributed by atoms with Crippen LogP contribution in [0.1, 0.15) is 23.2 Å². The highest BCUT2D eigenvalue weighted by Gasteiger charge is 2.42. The molecule has 27 heavy (non-hydrogen) atoms. The van der Waals surface area contributed by atoms with Crippen LogP contribution in [0.4, 0.5) is 0 Å². The van der Waals surface area contributed by atoms with Crippen molar-refractivity contribution in [3.63, 3.8) is 0 Å². The van der Waals surface area contributed by atoms with E-state index >= 15 is 0 Å². The molecule has 0 N–H and O–H groups in total. The van der Waals surface area contributed by atoms with Crippen LogP contribution in [-0.2, 0) is 14.3 Å². The molecule has 0 aliphatic carbocycles. The topological polar surface area (TPSA) is 68.3 Å². The molecule has 2 saturated heterocycles. The van der Waals surface area contributed by atoms with Gasteiger partial charge >= 0.3 is 0 Å². The number of carbonyl (C=O) groups excluding carboxylic acids is 2. The van der Waals surface area contributed by atoms with E-state index in [1.54, 1.807) is 28.0 Å². The van der Waals surface area contributed by atoms with Crippen molar-refractivity contribution in [2.45, 2.75) is 18.4 Å². The van der Waals surface area contributed by atoms with E-state index in [2.05, 4.69) is 0 Å². The van der Waals surface area contributed by atoms with E-state index in [0.29, 0.717) is 75.2 Å². The van der Waals surface area contributed by atoms with Gasteiger partial charge in [-0.2, -0.15) is 0 Å². The summed E-state index contributed by atoms with van der Waals surface area (Å²) < 4.78 is 17.1. The fourth-order valence-electron chi connectivity index (χ4n) is 3.82. The minimum Gasteiger partial charge on any atom is -0.484 e. The quantitative estimate of drug-likeness (QED) is 0.761. The highest BCUT2D eigenvalue weighted by Crippen LogP contribution is 2.36. The first-order valence-electron chi connectivity index (χ1n) is 9.27. The number of rotatable bonds is 2. The summed E-state index contributed by atoms with van der Waals surface area (Å²) in [6.45, 7) is 3.70. The Hall–Kier alpha value is -1.83. The van der Waals surface area contributed by atoms with E-state index in [1.807, 2.05) is 0 Å². The predicted octanol–water partition coefficient (Wildman–Crippen LogP) is 1.58. The van der Waals surface area contributed by atoms with E-state index in [4.69, 9.17) is 25.8 Å². The molecule has 0 atom stereocenters. The van der Waals surface area contributed by atoms with Gasteiger partial charge in [0.05, 0.1) is 38.5 Å². The Morgan fingerprint density at radius 3 is 2.56 bits per heavy atom. The van der Waals surface area contributed by atoms with Crippen molar-refractivity contribution in [2.24, 2.45) is 0 Å². The molecule has 1 aromatic rings. The number of halogens is 1. The first kappa shape index (κ1) is 18.5. The minimum absolute atomic E-state index is 0.0246. The Labute approximate surface area is 163 Å². The maximum Gasteiger partial charge on any atom is 0.258 e. The smallest absolute Gasteiger partial charge is 0.258 e. The molecular formula is C19H23ClN2O5. The SMILES string of the molecule is O=C(CN1CC2(CCOCC2)Oc2ccc(Cl)cc2C1=O)N1CCOCC1. The van der Waals surface area contributed by atoms with Crippen LogP contribution in [0, 0.1) is 0 Å². The lowest BCUT2D eigenvalue weighted by atomic mass is 9.93. The Bertz CT molecular complexity index is 729. The van der Waals surface area contributed by atoms with Gasteiger partial charge in [0.25, 0.3) is 5.91 Å². The van der Waals surface area contributed by atoms with Crippen molar-refractivity contribution in [3.05, 3.63) is 28.8 Å². The summed E-state index contributed by atoms with van der Waals surface area (Å²) in [7, 11) is 0. The van der Waals surface area contributed by atoms with Gasteiger partial charge in [0, 0.05) is 31.0 Å². The van der Waals surface area contributed by atoms with E-state index in [-0.39, 0.29) is 18.4 Å². The minimum atomic E-state index is -0.543. The predicted molar refractivity (Wildman–Crippen MR) is 98.2 cm³/mol. The van der Waals surface area contributed by atoms with E-state index in [1.165, 1.54) is 0 Å². The van der Waals surface area contributed by atoms with Gasteiger partial charge in [-0.25, -0.2) is 0 Å². The summed E-state index contributed by atoms with van der Waals surface area (Å²) in [6, 6.07) is 5.07. The lowest BCUT2D eigenvalue weighted by molar-refractivity contribution is -0.136. The molecule has 3 aliphatic heterocycles. The number of ether oxygens (including phenoxy) is 3. The van der Waals surface area contributed by atoms with Crippen LogP contribution in [0.25, 0.3) is 0 Å². The third-order valence-corrected chi connectivity index (χ3v) is 5.59. The van der Waals surface area contributed by atoms with E-state index < -0.39 is 5.60 Å². The Kier molecular flexibility index (Phi) is 5.25. The maximum absolute atomic E-state index is 13.2. The van der Waals surface area contributed by atoms with Crippen LogP contribution in [0.3, 0.4) is 0 Å². The second-order valence-corrected chi connectivity index (χ2v) is 7.63. The number of hydrogen-bond acceptors (Lipinski definition) is 5. The molecule has 0 unspecified atom stereocenters. The van der Waals surface area contributed by atoms with E-state index in [9.17, 15) is 9.59 Å². The molecule has 0 radical (unpaired) electrons. The molecule has 3 heterocycles. The zero-order chi connectivity index (χ0) is 18.9. The number of hydrogen-bond donors (Lipinski definition) is 0. The van der Waals surface area contributed by atoms with Crippen LogP contribution in [0.15, 0.2) is 18.2 Å². The first-order chi connectivity index (χ1) is 13.1. The van der Waals surface area contributed by atoms with Crippen molar-refractivity contribution in [2.75, 3.05) is 52.6 Å². The molecule has 2 amide bonds. The molecule has 0 bridgehead atoms. The Morgan fingerprint density at radius 1 is 1.11 bits per heavy atom. The van der Waals surface area contributed by atoms with Gasteiger partial charge in [0.1, 0.15) is 17.9 Å². The van der Waals surface area contributed by atoms with Crippen molar-refractivity contribution in [1.82, 2.24) is 9.80 Å². The van der Waals surface area contributed by atoms with Gasteiger partial charge in [0.2, 0.25) is 5.91 Å². The lowest BCUT2D eigenvalue weighted by Crippen LogP contribution is -2.53. The maximum atomic E-state index is 13.2. The lowest BCUT2D eigenvalue weighted by Gasteiger charge is -2.39. The summed E-state index contributed by atoms with van der Waals surface area (Å²) in [4.78, 5) is 29.3. The molecular weight excluding hydrogens is 372 g/mol. The molecule has 1 spiro atoms. The summed E-state index contributed by atoms with van der Waals surface area (Å²) in [5.74, 6) is 0.226. The van der Waals surface area contributed by atoms with Crippen LogP contribution in [-0.4, -0.2) is 79.8 Å². The van der Waals surface area contributed by atoms with E-state index in [0.717, 1.165) is 0 Å². The van der Waals surface area contributed by atoms with Crippen molar-refractivity contribution < 1.29 is 23.8 Å². The molecule has 4 rings (SSSR count). The zero-order valence-electron chi connectivity index (χ0n) is 15.1. The third-order valence-electron chi connectivity index (χ3n) is 5.36. The van der Waals surface area contributed by atoms with Gasteiger partial charge < -0.3 is 24.0 Å². The second-order valence-electron chi connectivity index (χ2n) is 7.19. The number of fused-ring (bicyclic) bond motifs is 1. The monoisotopic (exact) mass is 394 g/mol. The average molecular weight is 395 g/mol. The average Bonchev–Trinajstić information content (AvgIpc) is 2.79. The summed E-state index contributed by atoms with van der Waals surface area (Å²) in [5.41, 5.74) is -0.140. The fourth-order valence-corrected chi connectivity index (χ4v) is 3.99. The number of morpholine rings is 1. The summed E-state index contributed by atoms with van der Waals surface area (Å²) in [6.07, 6.45) is 1.34. The summed E-state index contributed by atoms with van der Waals surface area (Å²) in [5, 5.41) is 0.466. The van der Waals surface area contributed by atoms with Crippen molar-refractivity contribution in [1.29, 1.82) is 0 Å². The fraction of sp³-hybridized carbons (Fsp3) is 0.579. The van der Waals surface area contributed by atoms with Crippen LogP contribution in [0.5, 0.6) is 5.75 Å². The molecule has 1 aromatic carbocycles. The summed E-state index contributed by atoms with van der Waals surface area (Å²) >= 11 is 6.11. The normalized spacial score (nSPS) is 22.2. The van der Waals surface area contributed by atoms with Crippen LogP contribution >= 0.6 is 11.6 Å². The highest BCUT2D eigenvalue weighted by atomic mass is 35.5. The number of carbonyl (C=O) groups is 2. The number of nitrogens with zero attached hydrogens (tertiary/aromatic N) is 2. The zero-order valence-corrected chi connectivity index (χ0v) is 15.9. The molecule has 146 valence electrons. The molecule has 0 aromatic heterocycles. The van der Waals surface area contributed by atoms with Gasteiger partial charge in [-0.05, 0) is 18.2 Å². The Morgan fingerprint density at radius 2 is 1.81 bits per heavy atom. The van der Waals surface area contributed by atoms with Crippen molar-refractivity contribution in [3.8, 4) is 5.75 Å². The molecule has 0 saturated carbocycles. The Balaban J connectivity index is 1.62.